The molecule has 0 saturated heterocycles. The molecule has 1 aliphatic carbocycles. The summed E-state index contributed by atoms with van der Waals surface area (Å²) in [6.07, 6.45) is 4.18. The molecule has 0 saturated carbocycles. The van der Waals surface area contributed by atoms with E-state index in [2.05, 4.69) is 176 Å². The first-order valence-corrected chi connectivity index (χ1v) is 21.8. The van der Waals surface area contributed by atoms with Gasteiger partial charge < -0.3 is 8.83 Å². The number of pyridine rings is 1. The van der Waals surface area contributed by atoms with Crippen LogP contribution in [0.1, 0.15) is 18.4 Å². The van der Waals surface area contributed by atoms with Crippen LogP contribution in [0.3, 0.4) is 0 Å². The van der Waals surface area contributed by atoms with Crippen molar-refractivity contribution in [2.75, 3.05) is 0 Å². The van der Waals surface area contributed by atoms with E-state index >= 15 is 0 Å². The molecule has 0 unspecified atom stereocenters. The molecule has 4 aromatic heterocycles. The highest BCUT2D eigenvalue weighted by molar-refractivity contribution is 6.27. The minimum atomic E-state index is 0.652. The fraction of sp³-hybridized carbons (Fsp3) is 0.0339. The number of furan rings is 2. The van der Waals surface area contributed by atoms with Crippen LogP contribution in [0.15, 0.2) is 203 Å². The molecule has 4 heterocycles. The van der Waals surface area contributed by atoms with E-state index in [9.17, 15) is 0 Å². The van der Waals surface area contributed by atoms with E-state index < -0.39 is 0 Å². The zero-order valence-electron chi connectivity index (χ0n) is 34.6. The molecule has 0 spiro atoms. The first kappa shape index (κ1) is 36.3. The third kappa shape index (κ3) is 5.89. The lowest BCUT2D eigenvalue weighted by atomic mass is 9.89. The van der Waals surface area contributed by atoms with Gasteiger partial charge in [-0.25, -0.2) is 15.0 Å². The molecular formula is C59H37N3O2. The van der Waals surface area contributed by atoms with E-state index in [-0.39, 0.29) is 0 Å². The summed E-state index contributed by atoms with van der Waals surface area (Å²) in [6.45, 7) is 0. The van der Waals surface area contributed by atoms with E-state index in [1.165, 1.54) is 10.8 Å². The predicted octanol–water partition coefficient (Wildman–Crippen LogP) is 13.9. The molecule has 0 bridgehead atoms. The lowest BCUT2D eigenvalue weighted by Crippen LogP contribution is -2.26. The Morgan fingerprint density at radius 3 is 1.81 bits per heavy atom. The van der Waals surface area contributed by atoms with Crippen LogP contribution in [-0.2, 0) is 0 Å². The van der Waals surface area contributed by atoms with Crippen LogP contribution in [-0.4, -0.2) is 15.0 Å². The summed E-state index contributed by atoms with van der Waals surface area (Å²) in [6, 6.07) is 67.6. The van der Waals surface area contributed by atoms with Gasteiger partial charge in [-0.05, 0) is 60.4 Å². The monoisotopic (exact) mass is 819 g/mol. The van der Waals surface area contributed by atoms with Gasteiger partial charge in [0.05, 0.1) is 22.6 Å². The fourth-order valence-corrected chi connectivity index (χ4v) is 9.80. The van der Waals surface area contributed by atoms with Gasteiger partial charge in [0.1, 0.15) is 22.2 Å². The van der Waals surface area contributed by atoms with Crippen molar-refractivity contribution in [3.05, 3.63) is 210 Å². The van der Waals surface area contributed by atoms with Crippen molar-refractivity contribution in [3.63, 3.8) is 0 Å². The van der Waals surface area contributed by atoms with E-state index in [0.29, 0.717) is 5.82 Å². The number of hydrogen-bond acceptors (Lipinski definition) is 5. The van der Waals surface area contributed by atoms with Crippen LogP contribution >= 0.6 is 0 Å². The first-order valence-electron chi connectivity index (χ1n) is 21.8. The second kappa shape index (κ2) is 14.6. The molecule has 8 aromatic carbocycles. The molecule has 0 radical (unpaired) electrons. The van der Waals surface area contributed by atoms with Gasteiger partial charge in [-0.2, -0.15) is 0 Å². The van der Waals surface area contributed by atoms with Gasteiger partial charge in [-0.3, -0.25) is 0 Å². The minimum absolute atomic E-state index is 0.652. The molecule has 5 nitrogen and oxygen atoms in total. The normalized spacial score (nSPS) is 12.7. The molecule has 0 aliphatic heterocycles. The lowest BCUT2D eigenvalue weighted by Gasteiger charge is -2.16. The Hall–Kier alpha value is -8.41. The van der Waals surface area contributed by atoms with Crippen molar-refractivity contribution in [1.29, 1.82) is 0 Å². The van der Waals surface area contributed by atoms with Gasteiger partial charge in [0, 0.05) is 70.9 Å². The maximum absolute atomic E-state index is 6.62. The van der Waals surface area contributed by atoms with Crippen LogP contribution in [0.25, 0.3) is 123 Å². The number of hydrogen-bond donors (Lipinski definition) is 0. The smallest absolute Gasteiger partial charge is 0.160 e. The van der Waals surface area contributed by atoms with Crippen LogP contribution < -0.4 is 10.6 Å². The summed E-state index contributed by atoms with van der Waals surface area (Å²) in [4.78, 5) is 15.8. The van der Waals surface area contributed by atoms with Crippen molar-refractivity contribution in [3.8, 4) is 56.3 Å². The second-order valence-electron chi connectivity index (χ2n) is 16.5. The average molecular weight is 820 g/mol. The Kier molecular flexibility index (Phi) is 8.28. The van der Waals surface area contributed by atoms with Crippen LogP contribution in [0, 0.1) is 0 Å². The maximum atomic E-state index is 6.62. The van der Waals surface area contributed by atoms with E-state index in [4.69, 9.17) is 23.8 Å². The molecule has 5 heteroatoms. The van der Waals surface area contributed by atoms with E-state index in [0.717, 1.165) is 129 Å². The van der Waals surface area contributed by atoms with E-state index in [1.807, 2.05) is 24.3 Å². The van der Waals surface area contributed by atoms with Crippen molar-refractivity contribution >= 4 is 66.2 Å². The molecule has 0 atom stereocenters. The summed E-state index contributed by atoms with van der Waals surface area (Å²) >= 11 is 0. The molecule has 64 heavy (non-hydrogen) atoms. The summed E-state index contributed by atoms with van der Waals surface area (Å²) < 4.78 is 13.1. The van der Waals surface area contributed by atoms with Gasteiger partial charge in [-0.15, -0.1) is 0 Å². The SMILES string of the molecule is C1=c2c(oc3ccccc23)=C(c2cccc(-c3cc(-c4ccccc4)nc(-c4ccc(-c5nc6ccccc6c6c(-c7ccccc7)c7c(cc56)oc5ccccc57)cc4)n3)c2)CC1. The third-order valence-corrected chi connectivity index (χ3v) is 12.8. The number of fused-ring (bicyclic) bond motifs is 9. The Labute approximate surface area is 368 Å². The predicted molar refractivity (Wildman–Crippen MR) is 261 cm³/mol. The van der Waals surface area contributed by atoms with Crippen molar-refractivity contribution in [2.45, 2.75) is 12.8 Å². The standard InChI is InChI=1S/C59H37N3O2/c1-3-15-36(16-4-1)49-35-50(41-20-13-19-40(33-41)42-24-14-25-44-43-21-8-11-27-51(43)64-58(42)44)62-59(61-49)39-31-29-38(30-32-39)57-47-34-53-56(46-23-9-12-28-52(46)63-53)54(37-17-5-2-6-18-37)55(47)45-22-7-10-26-48(45)60-57/h1-13,15-23,25-35H,14,24H2. The van der Waals surface area contributed by atoms with E-state index in [1.54, 1.807) is 0 Å². The highest BCUT2D eigenvalue weighted by Crippen LogP contribution is 2.46. The number of benzene rings is 8. The lowest BCUT2D eigenvalue weighted by molar-refractivity contribution is 0.568. The highest BCUT2D eigenvalue weighted by Gasteiger charge is 2.22. The molecule has 0 N–H and O–H groups in total. The molecule has 1 aliphatic rings. The second-order valence-corrected chi connectivity index (χ2v) is 16.5. The number of aromatic nitrogens is 3. The maximum Gasteiger partial charge on any atom is 0.160 e. The Bertz CT molecular complexity index is 3940. The zero-order chi connectivity index (χ0) is 42.1. The third-order valence-electron chi connectivity index (χ3n) is 12.8. The summed E-state index contributed by atoms with van der Waals surface area (Å²) in [5.41, 5.74) is 15.7. The average Bonchev–Trinajstić information content (AvgIpc) is 3.94. The molecule has 0 fully saturated rings. The fourth-order valence-electron chi connectivity index (χ4n) is 9.80. The van der Waals surface area contributed by atoms with Gasteiger partial charge in [0.25, 0.3) is 0 Å². The number of para-hydroxylation sites is 3. The van der Waals surface area contributed by atoms with Gasteiger partial charge >= 0.3 is 0 Å². The topological polar surface area (TPSA) is 65.0 Å². The Morgan fingerprint density at radius 1 is 0.391 bits per heavy atom. The Morgan fingerprint density at radius 2 is 1.02 bits per heavy atom. The van der Waals surface area contributed by atoms with Crippen molar-refractivity contribution < 1.29 is 8.83 Å². The zero-order valence-corrected chi connectivity index (χ0v) is 34.6. The number of nitrogens with zero attached hydrogens (tertiary/aromatic N) is 3. The molecule has 0 amide bonds. The van der Waals surface area contributed by atoms with Crippen LogP contribution in [0.4, 0.5) is 0 Å². The Balaban J connectivity index is 0.970. The summed E-state index contributed by atoms with van der Waals surface area (Å²) in [5.74, 6) is 0.652. The van der Waals surface area contributed by atoms with Crippen LogP contribution in [0.5, 0.6) is 0 Å². The minimum Gasteiger partial charge on any atom is -0.456 e. The van der Waals surface area contributed by atoms with Crippen LogP contribution in [0.2, 0.25) is 0 Å². The number of rotatable bonds is 6. The molecule has 300 valence electrons. The summed E-state index contributed by atoms with van der Waals surface area (Å²) in [5, 5.41) is 7.85. The van der Waals surface area contributed by atoms with Crippen molar-refractivity contribution in [2.24, 2.45) is 0 Å². The van der Waals surface area contributed by atoms with Gasteiger partial charge in [0.2, 0.25) is 0 Å². The summed E-state index contributed by atoms with van der Waals surface area (Å²) in [7, 11) is 0. The molecule has 13 rings (SSSR count). The molecular weight excluding hydrogens is 783 g/mol. The molecule has 12 aromatic rings. The largest absolute Gasteiger partial charge is 0.456 e. The highest BCUT2D eigenvalue weighted by atomic mass is 16.3. The first-order chi connectivity index (χ1) is 31.7. The quantitative estimate of drug-likeness (QED) is 0.156. The van der Waals surface area contributed by atoms with Gasteiger partial charge in [0.15, 0.2) is 5.82 Å². The van der Waals surface area contributed by atoms with Crippen molar-refractivity contribution in [1.82, 2.24) is 15.0 Å². The van der Waals surface area contributed by atoms with Gasteiger partial charge in [-0.1, -0.05) is 164 Å².